The molecule has 4 heteroatoms. The van der Waals surface area contributed by atoms with Crippen LogP contribution in [-0.2, 0) is 4.79 Å². The monoisotopic (exact) mass is 178 g/mol. The second-order valence-electron chi connectivity index (χ2n) is 3.36. The zero-order chi connectivity index (χ0) is 9.07. The number of Topliss-reactive ketones (excluding diaryl/α,β-unsaturated/α-hetero) is 1. The summed E-state index contributed by atoms with van der Waals surface area (Å²) in [7, 11) is 3.71. The van der Waals surface area contributed by atoms with E-state index in [2.05, 4.69) is 12.8 Å². The van der Waals surface area contributed by atoms with Gasteiger partial charge in [0, 0.05) is 6.42 Å². The lowest BCUT2D eigenvalue weighted by molar-refractivity contribution is -0.751. The van der Waals surface area contributed by atoms with Crippen LogP contribution in [0.1, 0.15) is 13.3 Å². The molecular formula is C7H16NO2S+. The molecule has 0 bridgehead atoms. The molecule has 0 saturated carbocycles. The third-order valence-electron chi connectivity index (χ3n) is 1.18. The topological polar surface area (TPSA) is 37.3 Å². The van der Waals surface area contributed by atoms with Gasteiger partial charge in [0.2, 0.25) is 0 Å². The van der Waals surface area contributed by atoms with Crippen LogP contribution in [0.3, 0.4) is 0 Å². The summed E-state index contributed by atoms with van der Waals surface area (Å²) < 4.78 is 0.383. The van der Waals surface area contributed by atoms with Crippen LogP contribution in [0.5, 0.6) is 0 Å². The van der Waals surface area contributed by atoms with Gasteiger partial charge < -0.3 is 5.11 Å². The molecule has 1 N–H and O–H groups in total. The highest BCUT2D eigenvalue weighted by atomic mass is 32.1. The van der Waals surface area contributed by atoms with Crippen molar-refractivity contribution in [3.8, 4) is 0 Å². The Bertz CT molecular complexity index is 142. The van der Waals surface area contributed by atoms with Gasteiger partial charge in [-0.3, -0.25) is 8.68 Å². The van der Waals surface area contributed by atoms with Gasteiger partial charge in [-0.25, -0.2) is 0 Å². The standard InChI is InChI=1S/C7H16NO2S/c1-6(9)4-7(10)5-8(2,3)11/h7,10-11H,4-5H2,1-3H3/q+1. The number of hydrogen-bond donors (Lipinski definition) is 2. The number of likely N-dealkylation sites (N-methyl/N-ethyl adjacent to an activating group) is 1. The highest BCUT2D eigenvalue weighted by Crippen LogP contribution is 2.05. The first-order chi connectivity index (χ1) is 4.81. The Labute approximate surface area is 73.1 Å². The number of nitrogens with zero attached hydrogens (tertiary/aromatic N) is 1. The second kappa shape index (κ2) is 4.09. The quantitative estimate of drug-likeness (QED) is 0.478. The van der Waals surface area contributed by atoms with Gasteiger partial charge in [-0.2, -0.15) is 0 Å². The minimum Gasteiger partial charge on any atom is -0.387 e. The van der Waals surface area contributed by atoms with Crippen molar-refractivity contribution in [1.29, 1.82) is 0 Å². The summed E-state index contributed by atoms with van der Waals surface area (Å²) in [5, 5.41) is 9.27. The van der Waals surface area contributed by atoms with Crippen molar-refractivity contribution in [2.75, 3.05) is 20.6 Å². The van der Waals surface area contributed by atoms with E-state index in [1.807, 2.05) is 14.1 Å². The van der Waals surface area contributed by atoms with Crippen LogP contribution >= 0.6 is 12.8 Å². The van der Waals surface area contributed by atoms with Gasteiger partial charge in [-0.1, -0.05) is 0 Å². The predicted octanol–water partition coefficient (Wildman–Crippen LogP) is 0.248. The number of aliphatic hydroxyl groups is 1. The molecule has 11 heavy (non-hydrogen) atoms. The Kier molecular flexibility index (Phi) is 4.07. The van der Waals surface area contributed by atoms with Crippen molar-refractivity contribution >= 4 is 18.6 Å². The normalized spacial score (nSPS) is 14.6. The first kappa shape index (κ1) is 10.9. The predicted molar refractivity (Wildman–Crippen MR) is 47.3 cm³/mol. The maximum absolute atomic E-state index is 10.5. The van der Waals surface area contributed by atoms with Crippen molar-refractivity contribution in [3.63, 3.8) is 0 Å². The number of carbonyl (C=O) groups is 1. The van der Waals surface area contributed by atoms with Gasteiger partial charge in [0.1, 0.15) is 18.4 Å². The molecule has 0 heterocycles. The van der Waals surface area contributed by atoms with E-state index in [1.54, 1.807) is 0 Å². The minimum absolute atomic E-state index is 0.0132. The van der Waals surface area contributed by atoms with Crippen LogP contribution in [0.15, 0.2) is 0 Å². The van der Waals surface area contributed by atoms with Crippen LogP contribution < -0.4 is 0 Å². The number of quaternary nitrogens is 1. The lowest BCUT2D eigenvalue weighted by Gasteiger charge is -2.23. The average Bonchev–Trinajstić information content (AvgIpc) is 1.53. The van der Waals surface area contributed by atoms with E-state index in [-0.39, 0.29) is 12.2 Å². The molecule has 0 saturated heterocycles. The molecule has 0 aliphatic rings. The molecule has 0 aliphatic carbocycles. The molecular weight excluding hydrogens is 162 g/mol. The zero-order valence-electron chi connectivity index (χ0n) is 7.24. The summed E-state index contributed by atoms with van der Waals surface area (Å²) in [6, 6.07) is 0. The molecule has 0 spiro atoms. The van der Waals surface area contributed by atoms with Crippen molar-refractivity contribution in [2.45, 2.75) is 19.4 Å². The number of hydrogen-bond acceptors (Lipinski definition) is 3. The number of thiol groups is 1. The first-order valence-electron chi connectivity index (χ1n) is 3.54. The Morgan fingerprint density at radius 3 is 2.36 bits per heavy atom. The largest absolute Gasteiger partial charge is 0.387 e. The molecule has 0 radical (unpaired) electrons. The summed E-state index contributed by atoms with van der Waals surface area (Å²) in [4.78, 5) is 10.5. The summed E-state index contributed by atoms with van der Waals surface area (Å²) in [5.41, 5.74) is 0. The van der Waals surface area contributed by atoms with Gasteiger partial charge in [-0.15, -0.1) is 0 Å². The number of carbonyl (C=O) groups excluding carboxylic acids is 1. The van der Waals surface area contributed by atoms with Gasteiger partial charge in [-0.05, 0) is 6.92 Å². The lowest BCUT2D eigenvalue weighted by Crippen LogP contribution is -2.37. The molecule has 0 aromatic rings. The fourth-order valence-corrected chi connectivity index (χ4v) is 1.10. The molecule has 0 aromatic heterocycles. The van der Waals surface area contributed by atoms with E-state index in [1.165, 1.54) is 6.92 Å². The SMILES string of the molecule is CC(=O)CC(O)C[N+](C)(C)S. The molecule has 3 nitrogen and oxygen atoms in total. The molecule has 0 aromatic carbocycles. The fraction of sp³-hybridized carbons (Fsp3) is 0.857. The van der Waals surface area contributed by atoms with Gasteiger partial charge >= 0.3 is 0 Å². The number of aliphatic hydroxyl groups excluding tert-OH is 1. The van der Waals surface area contributed by atoms with Gasteiger partial charge in [0.15, 0.2) is 0 Å². The maximum atomic E-state index is 10.5. The van der Waals surface area contributed by atoms with E-state index in [0.29, 0.717) is 10.4 Å². The van der Waals surface area contributed by atoms with E-state index < -0.39 is 6.10 Å². The van der Waals surface area contributed by atoms with Crippen molar-refractivity contribution in [2.24, 2.45) is 0 Å². The molecule has 1 unspecified atom stereocenters. The molecule has 0 fully saturated rings. The van der Waals surface area contributed by atoms with Crippen molar-refractivity contribution < 1.29 is 13.8 Å². The Hall–Kier alpha value is -0.0600. The Balaban J connectivity index is 3.69. The zero-order valence-corrected chi connectivity index (χ0v) is 8.14. The number of ketones is 1. The molecule has 1 atom stereocenters. The van der Waals surface area contributed by atoms with Gasteiger partial charge in [0.05, 0.1) is 26.9 Å². The van der Waals surface area contributed by atoms with E-state index in [0.717, 1.165) is 0 Å². The van der Waals surface area contributed by atoms with Crippen molar-refractivity contribution in [1.82, 2.24) is 0 Å². The smallest absolute Gasteiger partial charge is 0.132 e. The Morgan fingerprint density at radius 1 is 1.64 bits per heavy atom. The molecule has 0 amide bonds. The summed E-state index contributed by atoms with van der Waals surface area (Å²) in [6.45, 7) is 1.96. The molecule has 66 valence electrons. The highest BCUT2D eigenvalue weighted by molar-refractivity contribution is 7.74. The summed E-state index contributed by atoms with van der Waals surface area (Å²) in [6.07, 6.45) is -0.345. The van der Waals surface area contributed by atoms with Crippen LogP contribution in [0.2, 0.25) is 0 Å². The Morgan fingerprint density at radius 2 is 2.09 bits per heavy atom. The minimum atomic E-state index is -0.569. The third kappa shape index (κ3) is 7.84. The van der Waals surface area contributed by atoms with Crippen LogP contribution in [0, 0.1) is 0 Å². The molecule has 0 aliphatic heterocycles. The van der Waals surface area contributed by atoms with Crippen molar-refractivity contribution in [3.05, 3.63) is 0 Å². The fourth-order valence-electron chi connectivity index (χ4n) is 0.912. The van der Waals surface area contributed by atoms with Crippen LogP contribution in [0.25, 0.3) is 0 Å². The van der Waals surface area contributed by atoms with E-state index >= 15 is 0 Å². The maximum Gasteiger partial charge on any atom is 0.132 e. The summed E-state index contributed by atoms with van der Waals surface area (Å²) in [5.74, 6) is 0.0132. The first-order valence-corrected chi connectivity index (χ1v) is 3.94. The molecule has 0 rings (SSSR count). The number of rotatable bonds is 4. The second-order valence-corrected chi connectivity index (χ2v) is 4.45. The van der Waals surface area contributed by atoms with Crippen LogP contribution in [0.4, 0.5) is 0 Å². The highest BCUT2D eigenvalue weighted by Gasteiger charge is 2.17. The van der Waals surface area contributed by atoms with Crippen LogP contribution in [-0.4, -0.2) is 41.5 Å². The van der Waals surface area contributed by atoms with E-state index in [4.69, 9.17) is 0 Å². The van der Waals surface area contributed by atoms with Gasteiger partial charge in [0.25, 0.3) is 0 Å². The average molecular weight is 178 g/mol. The third-order valence-corrected chi connectivity index (χ3v) is 1.34. The summed E-state index contributed by atoms with van der Waals surface area (Å²) >= 11 is 4.18. The lowest BCUT2D eigenvalue weighted by atomic mass is 10.2. The van der Waals surface area contributed by atoms with E-state index in [9.17, 15) is 9.90 Å².